The fraction of sp³-hybridized carbons (Fsp3) is 0. The van der Waals surface area contributed by atoms with Crippen LogP contribution in [0.15, 0.2) is 4.52 Å². The van der Waals surface area contributed by atoms with Crippen LogP contribution in [0.4, 0.5) is 0 Å². The summed E-state index contributed by atoms with van der Waals surface area (Å²) in [5, 5.41) is 3.37. The van der Waals surface area contributed by atoms with Crippen molar-refractivity contribution in [2.24, 2.45) is 0 Å². The highest BCUT2D eigenvalue weighted by Gasteiger charge is 2.03. The van der Waals surface area contributed by atoms with E-state index in [0.717, 1.165) is 0 Å². The molecule has 1 heterocycles. The number of halogens is 1. The highest BCUT2D eigenvalue weighted by Crippen LogP contribution is 2.15. The van der Waals surface area contributed by atoms with Crippen LogP contribution in [-0.2, 0) is 0 Å². The summed E-state index contributed by atoms with van der Waals surface area (Å²) in [4.78, 5) is 0. The summed E-state index contributed by atoms with van der Waals surface area (Å²) in [5.41, 5.74) is 0.201. The molecule has 8 heavy (non-hydrogen) atoms. The van der Waals surface area contributed by atoms with Gasteiger partial charge in [0.15, 0.2) is 5.15 Å². The molecule has 40 valence electrons. The van der Waals surface area contributed by atoms with Gasteiger partial charge in [-0.15, -0.1) is 0 Å². The molecule has 0 saturated carbocycles. The van der Waals surface area contributed by atoms with Crippen LogP contribution in [0, 0.1) is 13.8 Å². The van der Waals surface area contributed by atoms with E-state index in [1.165, 1.54) is 0 Å². The lowest BCUT2D eigenvalue weighted by molar-refractivity contribution is 0.407. The molecule has 0 aromatic carbocycles. The van der Waals surface area contributed by atoms with Gasteiger partial charge in [-0.25, -0.2) is 0 Å². The zero-order valence-corrected chi connectivity index (χ0v) is 4.64. The van der Waals surface area contributed by atoms with E-state index in [4.69, 9.17) is 25.4 Å². The van der Waals surface area contributed by atoms with Crippen LogP contribution in [0.2, 0.25) is 5.15 Å². The molecule has 3 heteroatoms. The molecule has 0 fully saturated rings. The van der Waals surface area contributed by atoms with Gasteiger partial charge in [-0.05, 0) is 0 Å². The van der Waals surface area contributed by atoms with E-state index in [0.29, 0.717) is 0 Å². The summed E-state index contributed by atoms with van der Waals surface area (Å²) < 4.78 is 4.37. The second-order valence-electron chi connectivity index (χ2n) is 1.25. The molecular formula is C5H2ClNO. The highest BCUT2D eigenvalue weighted by atomic mass is 35.5. The Labute approximate surface area is 52.4 Å². The van der Waals surface area contributed by atoms with Gasteiger partial charge in [0.2, 0.25) is 0 Å². The van der Waals surface area contributed by atoms with Crippen molar-refractivity contribution in [1.29, 1.82) is 0 Å². The number of rotatable bonds is 0. The van der Waals surface area contributed by atoms with E-state index in [-0.39, 0.29) is 16.5 Å². The molecule has 2 nitrogen and oxygen atoms in total. The highest BCUT2D eigenvalue weighted by molar-refractivity contribution is 6.30. The van der Waals surface area contributed by atoms with E-state index in [9.17, 15) is 0 Å². The largest absolute Gasteiger partial charge is 0.359 e. The van der Waals surface area contributed by atoms with Crippen LogP contribution >= 0.6 is 11.6 Å². The summed E-state index contributed by atoms with van der Waals surface area (Å²) in [6.07, 6.45) is 0. The van der Waals surface area contributed by atoms with Crippen LogP contribution in [0.5, 0.6) is 0 Å². The van der Waals surface area contributed by atoms with Crippen LogP contribution in [-0.4, -0.2) is 5.16 Å². The Balaban J connectivity index is 3.19. The first-order valence-electron chi connectivity index (χ1n) is 1.88. The first-order valence-corrected chi connectivity index (χ1v) is 2.25. The van der Waals surface area contributed by atoms with Crippen molar-refractivity contribution < 1.29 is 4.52 Å². The molecule has 4 radical (unpaired) electrons. The average Bonchev–Trinajstić information content (AvgIpc) is 1.98. The minimum Gasteiger partial charge on any atom is -0.359 e. The minimum atomic E-state index is 0.0648. The first kappa shape index (κ1) is 5.63. The third-order valence-electron chi connectivity index (χ3n) is 0.712. The molecule has 0 amide bonds. The molecule has 0 atom stereocenters. The quantitative estimate of drug-likeness (QED) is 0.527. The van der Waals surface area contributed by atoms with Crippen molar-refractivity contribution in [3.8, 4) is 0 Å². The molecule has 1 aromatic heterocycles. The summed E-state index contributed by atoms with van der Waals surface area (Å²) in [6, 6.07) is 0. The van der Waals surface area contributed by atoms with Crippen molar-refractivity contribution in [3.63, 3.8) is 0 Å². The zero-order chi connectivity index (χ0) is 6.15. The normalized spacial score (nSPS) is 9.88. The van der Waals surface area contributed by atoms with Crippen molar-refractivity contribution in [3.05, 3.63) is 30.3 Å². The molecule has 0 saturated heterocycles. The lowest BCUT2D eigenvalue weighted by Crippen LogP contribution is -1.67. The first-order chi connectivity index (χ1) is 3.72. The van der Waals surface area contributed by atoms with E-state index in [2.05, 4.69) is 9.68 Å². The van der Waals surface area contributed by atoms with Crippen molar-refractivity contribution in [2.45, 2.75) is 0 Å². The van der Waals surface area contributed by atoms with Gasteiger partial charge in [0.25, 0.3) is 0 Å². The van der Waals surface area contributed by atoms with Gasteiger partial charge in [0, 0.05) is 19.4 Å². The summed E-state index contributed by atoms with van der Waals surface area (Å²) >= 11 is 5.32. The SMILES string of the molecule is [CH]c1onc(Cl)c1[CH]. The maximum atomic E-state index is 5.32. The van der Waals surface area contributed by atoms with Gasteiger partial charge < -0.3 is 4.52 Å². The predicted octanol–water partition coefficient (Wildman–Crippen LogP) is 1.45. The molecule has 0 unspecified atom stereocenters. The molecule has 0 aliphatic heterocycles. The monoisotopic (exact) mass is 127 g/mol. The maximum Gasteiger partial charge on any atom is 0.175 e. The fourth-order valence-electron chi connectivity index (χ4n) is 0.289. The Kier molecular flexibility index (Phi) is 1.26. The average molecular weight is 128 g/mol. The van der Waals surface area contributed by atoms with Gasteiger partial charge in [0.1, 0.15) is 5.76 Å². The lowest BCUT2D eigenvalue weighted by Gasteiger charge is -1.77. The van der Waals surface area contributed by atoms with Gasteiger partial charge in [-0.1, -0.05) is 16.8 Å². The van der Waals surface area contributed by atoms with Crippen molar-refractivity contribution >= 4 is 11.6 Å². The molecule has 0 N–H and O–H groups in total. The summed E-state index contributed by atoms with van der Waals surface area (Å²) in [5.74, 6) is 0.0648. The molecule has 0 bridgehead atoms. The van der Waals surface area contributed by atoms with Gasteiger partial charge in [-0.3, -0.25) is 0 Å². The number of hydrogen-bond acceptors (Lipinski definition) is 2. The van der Waals surface area contributed by atoms with Crippen LogP contribution < -0.4 is 0 Å². The van der Waals surface area contributed by atoms with Gasteiger partial charge in [-0.2, -0.15) is 0 Å². The topological polar surface area (TPSA) is 26.0 Å². The summed E-state index contributed by atoms with van der Waals surface area (Å²) in [6.45, 7) is 10.3. The van der Waals surface area contributed by atoms with E-state index in [1.807, 2.05) is 0 Å². The Morgan fingerprint density at radius 2 is 2.12 bits per heavy atom. The number of hydrogen-bond donors (Lipinski definition) is 0. The Bertz CT molecular complexity index is 175. The molecular weight excluding hydrogens is 126 g/mol. The fourth-order valence-corrected chi connectivity index (χ4v) is 0.417. The van der Waals surface area contributed by atoms with E-state index >= 15 is 0 Å². The van der Waals surface area contributed by atoms with Crippen molar-refractivity contribution in [2.75, 3.05) is 0 Å². The third kappa shape index (κ3) is 0.713. The van der Waals surface area contributed by atoms with Crippen molar-refractivity contribution in [1.82, 2.24) is 5.16 Å². The van der Waals surface area contributed by atoms with Crippen LogP contribution in [0.25, 0.3) is 0 Å². The number of aromatic nitrogens is 1. The lowest BCUT2D eigenvalue weighted by atomic mass is 10.3. The second-order valence-corrected chi connectivity index (χ2v) is 1.61. The standard InChI is InChI=1S/C5H2ClNO/c1-3-4(2)8-7-5(3)6/h1-2H. The maximum absolute atomic E-state index is 5.32. The Hall–Kier alpha value is -0.500. The van der Waals surface area contributed by atoms with Crippen LogP contribution in [0.1, 0.15) is 11.3 Å². The molecule has 1 rings (SSSR count). The van der Waals surface area contributed by atoms with Crippen LogP contribution in [0.3, 0.4) is 0 Å². The Morgan fingerprint density at radius 1 is 1.50 bits per heavy atom. The molecule has 0 aliphatic carbocycles. The summed E-state index contributed by atoms with van der Waals surface area (Å²) in [7, 11) is 0. The smallest absolute Gasteiger partial charge is 0.175 e. The zero-order valence-electron chi connectivity index (χ0n) is 3.89. The molecule has 0 aliphatic rings. The van der Waals surface area contributed by atoms with Gasteiger partial charge >= 0.3 is 0 Å². The molecule has 1 aromatic rings. The van der Waals surface area contributed by atoms with E-state index in [1.54, 1.807) is 0 Å². The predicted molar refractivity (Wildman–Crippen MR) is 28.3 cm³/mol. The Morgan fingerprint density at radius 3 is 2.25 bits per heavy atom. The second kappa shape index (κ2) is 1.78. The number of nitrogens with zero attached hydrogens (tertiary/aromatic N) is 1. The van der Waals surface area contributed by atoms with Gasteiger partial charge in [0.05, 0.1) is 0 Å². The molecule has 0 spiro atoms. The minimum absolute atomic E-state index is 0.0648. The van der Waals surface area contributed by atoms with E-state index < -0.39 is 0 Å². The third-order valence-corrected chi connectivity index (χ3v) is 0.984.